The van der Waals surface area contributed by atoms with Gasteiger partial charge in [-0.25, -0.2) is 19.9 Å². The summed E-state index contributed by atoms with van der Waals surface area (Å²) in [5, 5.41) is 0.750. The SMILES string of the molecule is COC1CCN(c2ccc(-c3cc(-c4cccc(Br)c4)c4c(N)ncnc4n3)cn2)CC1. The first-order valence-electron chi connectivity index (χ1n) is 10.5. The smallest absolute Gasteiger partial charge is 0.165 e. The van der Waals surface area contributed by atoms with Crippen molar-refractivity contribution in [3.63, 3.8) is 0 Å². The summed E-state index contributed by atoms with van der Waals surface area (Å²) in [7, 11) is 1.78. The van der Waals surface area contributed by atoms with E-state index < -0.39 is 0 Å². The average Bonchev–Trinajstić information content (AvgIpc) is 2.84. The number of nitrogen functional groups attached to an aromatic ring is 1. The minimum atomic E-state index is 0.346. The van der Waals surface area contributed by atoms with Crippen molar-refractivity contribution in [3.05, 3.63) is 59.5 Å². The van der Waals surface area contributed by atoms with Gasteiger partial charge < -0.3 is 15.4 Å². The molecule has 0 amide bonds. The van der Waals surface area contributed by atoms with Crippen LogP contribution in [0.2, 0.25) is 0 Å². The number of benzene rings is 1. The molecule has 1 aliphatic heterocycles. The molecule has 1 aliphatic rings. The molecule has 7 nitrogen and oxygen atoms in total. The fourth-order valence-corrected chi connectivity index (χ4v) is 4.56. The number of aromatic nitrogens is 4. The molecular formula is C24H23BrN6O. The van der Waals surface area contributed by atoms with Crippen LogP contribution in [0.25, 0.3) is 33.4 Å². The van der Waals surface area contributed by atoms with Crippen molar-refractivity contribution in [1.82, 2.24) is 19.9 Å². The van der Waals surface area contributed by atoms with Gasteiger partial charge in [-0.05, 0) is 54.3 Å². The maximum atomic E-state index is 6.21. The Bertz CT molecular complexity index is 1260. The third kappa shape index (κ3) is 4.03. The molecule has 0 spiro atoms. The molecule has 0 radical (unpaired) electrons. The van der Waals surface area contributed by atoms with Gasteiger partial charge in [0.05, 0.1) is 17.2 Å². The van der Waals surface area contributed by atoms with Crippen LogP contribution in [0.5, 0.6) is 0 Å². The number of hydrogen-bond acceptors (Lipinski definition) is 7. The Kier molecular flexibility index (Phi) is 5.71. The quantitative estimate of drug-likeness (QED) is 0.442. The van der Waals surface area contributed by atoms with E-state index in [-0.39, 0.29) is 0 Å². The van der Waals surface area contributed by atoms with E-state index in [1.165, 1.54) is 6.33 Å². The van der Waals surface area contributed by atoms with Crippen LogP contribution in [-0.2, 0) is 4.74 Å². The summed E-state index contributed by atoms with van der Waals surface area (Å²) in [5.41, 5.74) is 10.5. The first-order chi connectivity index (χ1) is 15.6. The number of nitrogens with two attached hydrogens (primary N) is 1. The maximum absolute atomic E-state index is 6.21. The van der Waals surface area contributed by atoms with Gasteiger partial charge in [-0.15, -0.1) is 0 Å². The molecule has 3 aromatic heterocycles. The van der Waals surface area contributed by atoms with Crippen LogP contribution >= 0.6 is 15.9 Å². The fourth-order valence-electron chi connectivity index (χ4n) is 4.16. The largest absolute Gasteiger partial charge is 0.383 e. The Hall–Kier alpha value is -3.10. The highest BCUT2D eigenvalue weighted by atomic mass is 79.9. The minimum absolute atomic E-state index is 0.346. The lowest BCUT2D eigenvalue weighted by atomic mass is 10.0. The van der Waals surface area contributed by atoms with Gasteiger partial charge in [0.25, 0.3) is 0 Å². The molecule has 2 N–H and O–H groups in total. The topological polar surface area (TPSA) is 90.1 Å². The van der Waals surface area contributed by atoms with E-state index >= 15 is 0 Å². The fraction of sp³-hybridized carbons (Fsp3) is 0.250. The summed E-state index contributed by atoms with van der Waals surface area (Å²) in [6, 6.07) is 14.2. The molecule has 5 rings (SSSR count). The van der Waals surface area contributed by atoms with Gasteiger partial charge in [-0.3, -0.25) is 0 Å². The summed E-state index contributed by atoms with van der Waals surface area (Å²) in [4.78, 5) is 20.4. The van der Waals surface area contributed by atoms with Gasteiger partial charge in [0.15, 0.2) is 5.65 Å². The van der Waals surface area contributed by atoms with Crippen molar-refractivity contribution in [2.24, 2.45) is 0 Å². The van der Waals surface area contributed by atoms with E-state index in [0.29, 0.717) is 17.6 Å². The summed E-state index contributed by atoms with van der Waals surface area (Å²) >= 11 is 3.56. The number of piperidine rings is 1. The number of nitrogens with zero attached hydrogens (tertiary/aromatic N) is 5. The predicted molar refractivity (Wildman–Crippen MR) is 130 cm³/mol. The Morgan fingerprint density at radius 1 is 1.03 bits per heavy atom. The number of pyridine rings is 2. The van der Waals surface area contributed by atoms with Crippen LogP contribution < -0.4 is 10.6 Å². The number of rotatable bonds is 4. The number of fused-ring (bicyclic) bond motifs is 1. The predicted octanol–water partition coefficient (Wildman–Crippen LogP) is 4.71. The second-order valence-electron chi connectivity index (χ2n) is 7.85. The van der Waals surface area contributed by atoms with Crippen molar-refractivity contribution in [3.8, 4) is 22.4 Å². The zero-order valence-electron chi connectivity index (χ0n) is 17.7. The molecule has 8 heteroatoms. The van der Waals surface area contributed by atoms with Gasteiger partial charge in [0.2, 0.25) is 0 Å². The number of ether oxygens (including phenoxy) is 1. The molecule has 1 fully saturated rings. The van der Waals surface area contributed by atoms with Crippen molar-refractivity contribution in [2.75, 3.05) is 30.8 Å². The molecule has 1 saturated heterocycles. The number of halogens is 1. The van der Waals surface area contributed by atoms with Crippen LogP contribution in [-0.4, -0.2) is 46.2 Å². The molecule has 4 heterocycles. The highest BCUT2D eigenvalue weighted by molar-refractivity contribution is 9.10. The summed E-state index contributed by atoms with van der Waals surface area (Å²) in [6.45, 7) is 1.89. The highest BCUT2D eigenvalue weighted by Gasteiger charge is 2.20. The Balaban J connectivity index is 1.53. The average molecular weight is 491 g/mol. The van der Waals surface area contributed by atoms with Crippen molar-refractivity contribution in [2.45, 2.75) is 18.9 Å². The number of methoxy groups -OCH3 is 1. The molecule has 162 valence electrons. The van der Waals surface area contributed by atoms with Gasteiger partial charge in [-0.1, -0.05) is 28.1 Å². The van der Waals surface area contributed by atoms with Crippen LogP contribution in [0.15, 0.2) is 59.5 Å². The van der Waals surface area contributed by atoms with E-state index in [4.69, 9.17) is 20.4 Å². The van der Waals surface area contributed by atoms with Crippen molar-refractivity contribution < 1.29 is 4.74 Å². The van der Waals surface area contributed by atoms with E-state index in [2.05, 4.69) is 49.0 Å². The summed E-state index contributed by atoms with van der Waals surface area (Å²) in [5.74, 6) is 1.39. The van der Waals surface area contributed by atoms with Gasteiger partial charge in [-0.2, -0.15) is 0 Å². The van der Waals surface area contributed by atoms with Crippen LogP contribution in [0.1, 0.15) is 12.8 Å². The standard InChI is InChI=1S/C24H23BrN6O/c1-32-18-7-9-31(10-8-18)21-6-5-16(13-27-21)20-12-19(15-3-2-4-17(25)11-15)22-23(26)28-14-29-24(22)30-20/h2-6,11-14,18H,7-10H2,1H3,(H2,26,28,29,30). The highest BCUT2D eigenvalue weighted by Crippen LogP contribution is 2.34. The Morgan fingerprint density at radius 3 is 2.59 bits per heavy atom. The first kappa shape index (κ1) is 20.8. The molecule has 1 aromatic carbocycles. The van der Waals surface area contributed by atoms with E-state index in [1.54, 1.807) is 7.11 Å². The maximum Gasteiger partial charge on any atom is 0.165 e. The molecule has 0 saturated carbocycles. The Labute approximate surface area is 194 Å². The van der Waals surface area contributed by atoms with E-state index in [0.717, 1.165) is 64.0 Å². The van der Waals surface area contributed by atoms with Gasteiger partial charge in [0.1, 0.15) is 18.0 Å². The second-order valence-corrected chi connectivity index (χ2v) is 8.77. The summed E-state index contributed by atoms with van der Waals surface area (Å²) < 4.78 is 6.46. The second kappa shape index (κ2) is 8.80. The monoisotopic (exact) mass is 490 g/mol. The third-order valence-electron chi connectivity index (χ3n) is 5.91. The van der Waals surface area contributed by atoms with Crippen LogP contribution in [0.3, 0.4) is 0 Å². The molecule has 0 unspecified atom stereocenters. The molecule has 0 bridgehead atoms. The third-order valence-corrected chi connectivity index (χ3v) is 6.41. The molecule has 4 aromatic rings. The lowest BCUT2D eigenvalue weighted by Gasteiger charge is -2.32. The zero-order valence-corrected chi connectivity index (χ0v) is 19.3. The first-order valence-corrected chi connectivity index (χ1v) is 11.3. The number of hydrogen-bond donors (Lipinski definition) is 1. The summed E-state index contributed by atoms with van der Waals surface area (Å²) in [6.07, 6.45) is 5.70. The van der Waals surface area contributed by atoms with Crippen LogP contribution in [0, 0.1) is 0 Å². The van der Waals surface area contributed by atoms with Crippen LogP contribution in [0.4, 0.5) is 11.6 Å². The van der Waals surface area contributed by atoms with Gasteiger partial charge in [0, 0.05) is 36.4 Å². The van der Waals surface area contributed by atoms with Crippen molar-refractivity contribution >= 4 is 38.6 Å². The van der Waals surface area contributed by atoms with Gasteiger partial charge >= 0.3 is 0 Å². The molecular weight excluding hydrogens is 468 g/mol. The normalized spacial score (nSPS) is 14.8. The minimum Gasteiger partial charge on any atom is -0.383 e. The number of anilines is 2. The molecule has 32 heavy (non-hydrogen) atoms. The molecule has 0 aliphatic carbocycles. The molecule has 0 atom stereocenters. The zero-order chi connectivity index (χ0) is 22.1. The van der Waals surface area contributed by atoms with E-state index in [9.17, 15) is 0 Å². The lowest BCUT2D eigenvalue weighted by Crippen LogP contribution is -2.37. The Morgan fingerprint density at radius 2 is 1.88 bits per heavy atom. The lowest BCUT2D eigenvalue weighted by molar-refractivity contribution is 0.0818. The van der Waals surface area contributed by atoms with Crippen molar-refractivity contribution in [1.29, 1.82) is 0 Å². The van der Waals surface area contributed by atoms with E-state index in [1.807, 2.05) is 30.5 Å².